The summed E-state index contributed by atoms with van der Waals surface area (Å²) in [6.07, 6.45) is 3.78. The molecule has 0 saturated carbocycles. The Morgan fingerprint density at radius 2 is 2.06 bits per heavy atom. The van der Waals surface area contributed by atoms with Gasteiger partial charge >= 0.3 is 0 Å². The number of aromatic nitrogens is 5. The number of ketones is 1. The molecule has 180 valence electrons. The molecule has 0 bridgehead atoms. The van der Waals surface area contributed by atoms with Gasteiger partial charge in [-0.3, -0.25) is 14.7 Å². The van der Waals surface area contributed by atoms with Crippen molar-refractivity contribution in [3.8, 4) is 11.5 Å². The molecule has 1 saturated heterocycles. The number of H-pyrrole nitrogens is 1. The van der Waals surface area contributed by atoms with E-state index in [2.05, 4.69) is 30.5 Å². The average Bonchev–Trinajstić information content (AvgIpc) is 3.24. The number of allylic oxidation sites excluding steroid dienone is 1. The molecule has 4 heterocycles. The number of pyridine rings is 1. The van der Waals surface area contributed by atoms with E-state index in [4.69, 9.17) is 0 Å². The summed E-state index contributed by atoms with van der Waals surface area (Å²) >= 11 is 0. The number of aliphatic hydroxyl groups excluding tert-OH is 1. The van der Waals surface area contributed by atoms with E-state index >= 15 is 0 Å². The summed E-state index contributed by atoms with van der Waals surface area (Å²) in [5, 5.41) is 20.2. The fourth-order valence-corrected chi connectivity index (χ4v) is 4.43. The normalized spacial score (nSPS) is 18.4. The fourth-order valence-electron chi connectivity index (χ4n) is 4.43. The molecule has 3 N–H and O–H groups in total. The number of aliphatic hydroxyl groups is 1. The highest BCUT2D eigenvalue weighted by atomic mass is 19.1. The lowest BCUT2D eigenvalue weighted by Crippen LogP contribution is -2.47. The summed E-state index contributed by atoms with van der Waals surface area (Å²) in [7, 11) is 0. The lowest BCUT2D eigenvalue weighted by Gasteiger charge is -2.38. The number of halogens is 2. The molecule has 1 fully saturated rings. The maximum absolute atomic E-state index is 14.5. The van der Waals surface area contributed by atoms with Crippen LogP contribution in [0.1, 0.15) is 20.3 Å². The van der Waals surface area contributed by atoms with E-state index in [1.54, 1.807) is 4.90 Å². The van der Waals surface area contributed by atoms with E-state index in [-0.39, 0.29) is 47.1 Å². The molecule has 1 unspecified atom stereocenters. The van der Waals surface area contributed by atoms with Gasteiger partial charge in [0.25, 0.3) is 5.91 Å². The SMILES string of the molecule is CC(C)N1CCC2C(CNc3nc(-c4[nH]nc5ncc(F)cc45)ncc3F)=CC(=O)C(O)=C2C1=O. The van der Waals surface area contributed by atoms with E-state index in [1.165, 1.54) is 12.1 Å². The van der Waals surface area contributed by atoms with Crippen molar-refractivity contribution in [2.24, 2.45) is 5.92 Å². The topological polar surface area (TPSA) is 137 Å². The minimum Gasteiger partial charge on any atom is -0.504 e. The van der Waals surface area contributed by atoms with Crippen LogP contribution < -0.4 is 5.32 Å². The molecular weight excluding hydrogens is 460 g/mol. The Morgan fingerprint density at radius 3 is 2.83 bits per heavy atom. The Bertz CT molecular complexity index is 1430. The highest BCUT2D eigenvalue weighted by Gasteiger charge is 2.40. The van der Waals surface area contributed by atoms with Crippen molar-refractivity contribution in [2.45, 2.75) is 26.3 Å². The van der Waals surface area contributed by atoms with Crippen LogP contribution in [0.4, 0.5) is 14.6 Å². The summed E-state index contributed by atoms with van der Waals surface area (Å²) in [6.45, 7) is 4.20. The molecule has 0 aromatic carbocycles. The molecule has 12 heteroatoms. The minimum absolute atomic E-state index is 0.00935. The highest BCUT2D eigenvalue weighted by molar-refractivity contribution is 6.11. The van der Waals surface area contributed by atoms with Gasteiger partial charge in [-0.25, -0.2) is 23.7 Å². The van der Waals surface area contributed by atoms with Crippen molar-refractivity contribution in [3.05, 3.63) is 53.1 Å². The van der Waals surface area contributed by atoms with E-state index in [1.807, 2.05) is 13.8 Å². The van der Waals surface area contributed by atoms with Crippen LogP contribution in [0.3, 0.4) is 0 Å². The highest BCUT2D eigenvalue weighted by Crippen LogP contribution is 2.36. The van der Waals surface area contributed by atoms with E-state index < -0.39 is 29.1 Å². The number of carbonyl (C=O) groups excluding carboxylic acids is 2. The molecule has 35 heavy (non-hydrogen) atoms. The van der Waals surface area contributed by atoms with Crippen molar-refractivity contribution < 1.29 is 23.5 Å². The van der Waals surface area contributed by atoms with Crippen molar-refractivity contribution in [3.63, 3.8) is 0 Å². The van der Waals surface area contributed by atoms with Gasteiger partial charge in [0.2, 0.25) is 5.78 Å². The second-order valence-corrected chi connectivity index (χ2v) is 8.65. The molecule has 0 radical (unpaired) electrons. The monoisotopic (exact) mass is 481 g/mol. The van der Waals surface area contributed by atoms with Crippen molar-refractivity contribution >= 4 is 28.5 Å². The number of piperidine rings is 1. The molecule has 1 aliphatic carbocycles. The lowest BCUT2D eigenvalue weighted by molar-refractivity contribution is -0.132. The van der Waals surface area contributed by atoms with Crippen LogP contribution in [0.15, 0.2) is 41.4 Å². The van der Waals surface area contributed by atoms with Gasteiger partial charge in [-0.15, -0.1) is 0 Å². The van der Waals surface area contributed by atoms with E-state index in [0.29, 0.717) is 23.9 Å². The Balaban J connectivity index is 1.41. The number of amides is 1. The summed E-state index contributed by atoms with van der Waals surface area (Å²) in [5.41, 5.74) is 1.13. The van der Waals surface area contributed by atoms with Gasteiger partial charge in [-0.05, 0) is 38.0 Å². The zero-order valence-electron chi connectivity index (χ0n) is 18.8. The molecule has 3 aromatic rings. The maximum atomic E-state index is 14.5. The van der Waals surface area contributed by atoms with Crippen LogP contribution >= 0.6 is 0 Å². The average molecular weight is 481 g/mol. The van der Waals surface area contributed by atoms with Gasteiger partial charge in [-0.1, -0.05) is 0 Å². The number of carbonyl (C=O) groups is 2. The van der Waals surface area contributed by atoms with Crippen molar-refractivity contribution in [1.82, 2.24) is 30.0 Å². The fraction of sp³-hybridized carbons (Fsp3) is 0.304. The van der Waals surface area contributed by atoms with Gasteiger partial charge in [0, 0.05) is 25.0 Å². The summed E-state index contributed by atoms with van der Waals surface area (Å²) in [4.78, 5) is 39.0. The largest absolute Gasteiger partial charge is 0.504 e. The van der Waals surface area contributed by atoms with Crippen LogP contribution in [-0.2, 0) is 9.59 Å². The van der Waals surface area contributed by atoms with Crippen LogP contribution in [0.2, 0.25) is 0 Å². The van der Waals surface area contributed by atoms with Gasteiger partial charge in [0.1, 0.15) is 11.5 Å². The van der Waals surface area contributed by atoms with Gasteiger partial charge < -0.3 is 15.3 Å². The predicted molar refractivity (Wildman–Crippen MR) is 121 cm³/mol. The number of fused-ring (bicyclic) bond motifs is 2. The number of likely N-dealkylation sites (tertiary alicyclic amines) is 1. The number of nitrogens with zero attached hydrogens (tertiary/aromatic N) is 5. The van der Waals surface area contributed by atoms with Crippen LogP contribution in [0.25, 0.3) is 22.6 Å². The third kappa shape index (κ3) is 3.90. The first-order chi connectivity index (χ1) is 16.7. The van der Waals surface area contributed by atoms with Gasteiger partial charge in [0.15, 0.2) is 28.9 Å². The quantitative estimate of drug-likeness (QED) is 0.506. The Morgan fingerprint density at radius 1 is 1.26 bits per heavy atom. The lowest BCUT2D eigenvalue weighted by atomic mass is 9.78. The van der Waals surface area contributed by atoms with Crippen LogP contribution in [0, 0.1) is 17.6 Å². The third-order valence-electron chi connectivity index (χ3n) is 6.18. The first-order valence-electron chi connectivity index (χ1n) is 11.0. The molecule has 1 amide bonds. The van der Waals surface area contributed by atoms with Crippen LogP contribution in [0.5, 0.6) is 0 Å². The zero-order valence-corrected chi connectivity index (χ0v) is 18.8. The summed E-state index contributed by atoms with van der Waals surface area (Å²) in [5.74, 6) is -3.47. The number of hydrogen-bond acceptors (Lipinski definition) is 8. The minimum atomic E-state index is -0.742. The number of anilines is 1. The van der Waals surface area contributed by atoms with Gasteiger partial charge in [0.05, 0.1) is 23.4 Å². The maximum Gasteiger partial charge on any atom is 0.254 e. The molecule has 1 atom stereocenters. The predicted octanol–water partition coefficient (Wildman–Crippen LogP) is 2.68. The molecule has 0 spiro atoms. The third-order valence-corrected chi connectivity index (χ3v) is 6.18. The van der Waals surface area contributed by atoms with Crippen molar-refractivity contribution in [1.29, 1.82) is 0 Å². The van der Waals surface area contributed by atoms with E-state index in [0.717, 1.165) is 12.4 Å². The number of nitrogens with one attached hydrogen (secondary N) is 2. The Kier molecular flexibility index (Phi) is 5.50. The number of aromatic amines is 1. The molecule has 5 rings (SSSR count). The van der Waals surface area contributed by atoms with Crippen LogP contribution in [-0.4, -0.2) is 66.0 Å². The molecular formula is C23H21F2N7O3. The molecule has 10 nitrogen and oxygen atoms in total. The second-order valence-electron chi connectivity index (χ2n) is 8.65. The standard InChI is InChI=1S/C23H21F2N7O3/c1-10(2)32-4-3-13-11(5-16(33)19(34)17(13)23(32)35)7-26-21-15(25)9-28-22(29-21)18-14-6-12(24)8-27-20(14)31-30-18/h5-6,8-10,13,34H,3-4,7H2,1-2H3,(H,26,28,29)(H,27,30,31). The first-order valence-corrected chi connectivity index (χ1v) is 11.0. The first kappa shape index (κ1) is 22.6. The Labute approximate surface area is 197 Å². The zero-order chi connectivity index (χ0) is 24.9. The number of rotatable bonds is 5. The molecule has 3 aromatic heterocycles. The van der Waals surface area contributed by atoms with E-state index in [9.17, 15) is 23.5 Å². The second kappa shape index (κ2) is 8.53. The smallest absolute Gasteiger partial charge is 0.254 e. The van der Waals surface area contributed by atoms with Crippen molar-refractivity contribution in [2.75, 3.05) is 18.4 Å². The molecule has 2 aliphatic rings. The number of hydrogen-bond donors (Lipinski definition) is 3. The molecule has 1 aliphatic heterocycles. The summed E-state index contributed by atoms with van der Waals surface area (Å²) in [6, 6.07) is 1.14. The van der Waals surface area contributed by atoms with Gasteiger partial charge in [-0.2, -0.15) is 5.10 Å². The summed E-state index contributed by atoms with van der Waals surface area (Å²) < 4.78 is 28.2. The Hall–Kier alpha value is -4.22.